The second kappa shape index (κ2) is 7.98. The SMILES string of the molecule is CC1(C)[C@H]2CC[C@H](C2)[C@@H]1C[C@@H]1OC[C@H](C[N+]2(Cc3ccccc3)CCCCC2)O1. The predicted molar refractivity (Wildman–Crippen MR) is 116 cm³/mol. The van der Waals surface area contributed by atoms with Crippen molar-refractivity contribution >= 4 is 0 Å². The number of rotatable bonds is 6. The van der Waals surface area contributed by atoms with Gasteiger partial charge in [-0.15, -0.1) is 0 Å². The number of nitrogens with zero attached hydrogens (tertiary/aromatic N) is 1. The van der Waals surface area contributed by atoms with E-state index in [-0.39, 0.29) is 12.4 Å². The molecule has 0 radical (unpaired) electrons. The molecule has 29 heavy (non-hydrogen) atoms. The molecule has 2 aliphatic carbocycles. The Hall–Kier alpha value is -0.900. The third-order valence-electron chi connectivity index (χ3n) is 9.03. The molecule has 2 saturated carbocycles. The molecule has 4 aliphatic rings. The highest BCUT2D eigenvalue weighted by Gasteiger charge is 2.53. The summed E-state index contributed by atoms with van der Waals surface area (Å²) in [6.07, 6.45) is 9.84. The number of quaternary nitrogens is 1. The first kappa shape index (κ1) is 20.0. The molecule has 5 rings (SSSR count). The average molecular weight is 399 g/mol. The largest absolute Gasteiger partial charge is 0.350 e. The third kappa shape index (κ3) is 4.03. The molecule has 3 nitrogen and oxygen atoms in total. The molecule has 3 heteroatoms. The highest BCUT2D eigenvalue weighted by molar-refractivity contribution is 5.13. The van der Waals surface area contributed by atoms with Crippen molar-refractivity contribution in [2.45, 2.75) is 77.7 Å². The highest BCUT2D eigenvalue weighted by atomic mass is 16.7. The smallest absolute Gasteiger partial charge is 0.158 e. The van der Waals surface area contributed by atoms with Crippen LogP contribution in [0.4, 0.5) is 0 Å². The van der Waals surface area contributed by atoms with Gasteiger partial charge < -0.3 is 14.0 Å². The lowest BCUT2D eigenvalue weighted by Gasteiger charge is -2.43. The molecule has 2 bridgehead atoms. The fraction of sp³-hybridized carbons (Fsp3) is 0.769. The zero-order valence-corrected chi connectivity index (χ0v) is 18.5. The molecule has 0 spiro atoms. The number of fused-ring (bicyclic) bond motifs is 2. The Labute approximate surface area is 177 Å². The van der Waals surface area contributed by atoms with E-state index in [2.05, 4.69) is 44.2 Å². The average Bonchev–Trinajstić information content (AvgIpc) is 3.41. The number of benzene rings is 1. The summed E-state index contributed by atoms with van der Waals surface area (Å²) in [5, 5.41) is 0. The maximum atomic E-state index is 6.55. The number of ether oxygens (including phenoxy) is 2. The zero-order chi connectivity index (χ0) is 19.9. The van der Waals surface area contributed by atoms with E-state index in [4.69, 9.17) is 9.47 Å². The van der Waals surface area contributed by atoms with Crippen LogP contribution in [0.2, 0.25) is 0 Å². The summed E-state index contributed by atoms with van der Waals surface area (Å²) in [6.45, 7) is 10.6. The van der Waals surface area contributed by atoms with Gasteiger partial charge in [0.15, 0.2) is 6.29 Å². The third-order valence-corrected chi connectivity index (χ3v) is 9.03. The van der Waals surface area contributed by atoms with Crippen LogP contribution in [0.15, 0.2) is 30.3 Å². The van der Waals surface area contributed by atoms with Crippen LogP contribution in [-0.2, 0) is 16.0 Å². The minimum Gasteiger partial charge on any atom is -0.350 e. The minimum absolute atomic E-state index is 0.0326. The second-order valence-corrected chi connectivity index (χ2v) is 11.1. The Kier molecular flexibility index (Phi) is 5.51. The van der Waals surface area contributed by atoms with Gasteiger partial charge >= 0.3 is 0 Å². The van der Waals surface area contributed by atoms with Crippen molar-refractivity contribution in [2.75, 3.05) is 26.2 Å². The molecule has 2 heterocycles. The molecule has 4 fully saturated rings. The Morgan fingerprint density at radius 3 is 2.55 bits per heavy atom. The van der Waals surface area contributed by atoms with Gasteiger partial charge in [0.2, 0.25) is 0 Å². The fourth-order valence-electron chi connectivity index (χ4n) is 7.39. The number of hydrogen-bond acceptors (Lipinski definition) is 2. The Balaban J connectivity index is 1.21. The van der Waals surface area contributed by atoms with Crippen LogP contribution >= 0.6 is 0 Å². The summed E-state index contributed by atoms with van der Waals surface area (Å²) in [5.74, 6) is 2.63. The molecule has 1 aromatic carbocycles. The standard InChI is InChI=1S/C26H40NO2/c1-26(2)22-12-11-21(15-22)24(26)16-25-28-19-23(29-25)18-27(13-7-4-8-14-27)17-20-9-5-3-6-10-20/h3,5-6,9-10,21-25H,4,7-8,11-19H2,1-2H3/q+1/t21-,22+,23+,24+,25-/m1/s1. The maximum absolute atomic E-state index is 6.55. The summed E-state index contributed by atoms with van der Waals surface area (Å²) < 4.78 is 14.0. The van der Waals surface area contributed by atoms with Crippen molar-refractivity contribution in [3.63, 3.8) is 0 Å². The van der Waals surface area contributed by atoms with Crippen LogP contribution in [0.25, 0.3) is 0 Å². The number of piperidine rings is 1. The fourth-order valence-corrected chi connectivity index (χ4v) is 7.39. The summed E-state index contributed by atoms with van der Waals surface area (Å²) >= 11 is 0. The Morgan fingerprint density at radius 1 is 1.03 bits per heavy atom. The van der Waals surface area contributed by atoms with Crippen LogP contribution in [-0.4, -0.2) is 43.1 Å². The molecule has 0 unspecified atom stereocenters. The first-order valence-electron chi connectivity index (χ1n) is 12.2. The molecular formula is C26H40NO2+. The van der Waals surface area contributed by atoms with E-state index >= 15 is 0 Å². The van der Waals surface area contributed by atoms with Crippen LogP contribution in [0.5, 0.6) is 0 Å². The van der Waals surface area contributed by atoms with Gasteiger partial charge in [-0.25, -0.2) is 0 Å². The Bertz CT molecular complexity index is 681. The maximum Gasteiger partial charge on any atom is 0.158 e. The quantitative estimate of drug-likeness (QED) is 0.598. The van der Waals surface area contributed by atoms with E-state index in [1.165, 1.54) is 61.7 Å². The Morgan fingerprint density at radius 2 is 1.83 bits per heavy atom. The van der Waals surface area contributed by atoms with Gasteiger partial charge in [0, 0.05) is 12.0 Å². The molecule has 160 valence electrons. The summed E-state index contributed by atoms with van der Waals surface area (Å²) in [6, 6.07) is 11.1. The summed E-state index contributed by atoms with van der Waals surface area (Å²) in [4.78, 5) is 0. The van der Waals surface area contributed by atoms with E-state index in [0.29, 0.717) is 5.41 Å². The molecule has 2 aliphatic heterocycles. The van der Waals surface area contributed by atoms with Gasteiger partial charge in [-0.05, 0) is 61.7 Å². The molecule has 5 atom stereocenters. The van der Waals surface area contributed by atoms with Gasteiger partial charge in [-0.2, -0.15) is 0 Å². The molecule has 2 saturated heterocycles. The molecule has 0 N–H and O–H groups in total. The lowest BCUT2D eigenvalue weighted by molar-refractivity contribution is -0.947. The van der Waals surface area contributed by atoms with Crippen LogP contribution < -0.4 is 0 Å². The van der Waals surface area contributed by atoms with Gasteiger partial charge in [0.1, 0.15) is 19.2 Å². The lowest BCUT2D eigenvalue weighted by Crippen LogP contribution is -2.54. The summed E-state index contributed by atoms with van der Waals surface area (Å²) in [7, 11) is 0. The van der Waals surface area contributed by atoms with Crippen molar-refractivity contribution in [1.29, 1.82) is 0 Å². The number of likely N-dealkylation sites (tertiary alicyclic amines) is 1. The predicted octanol–water partition coefficient (Wildman–Crippen LogP) is 5.39. The van der Waals surface area contributed by atoms with Crippen molar-refractivity contribution in [1.82, 2.24) is 0 Å². The molecular weight excluding hydrogens is 358 g/mol. The first-order chi connectivity index (χ1) is 14.0. The van der Waals surface area contributed by atoms with Crippen molar-refractivity contribution in [3.8, 4) is 0 Å². The van der Waals surface area contributed by atoms with Crippen molar-refractivity contribution in [2.24, 2.45) is 23.2 Å². The molecule has 0 amide bonds. The minimum atomic E-state index is 0.0326. The normalized spacial score (nSPS) is 37.8. The summed E-state index contributed by atoms with van der Waals surface area (Å²) in [5.41, 5.74) is 1.94. The monoisotopic (exact) mass is 398 g/mol. The highest BCUT2D eigenvalue weighted by Crippen LogP contribution is 2.60. The van der Waals surface area contributed by atoms with E-state index in [9.17, 15) is 0 Å². The van der Waals surface area contributed by atoms with Crippen molar-refractivity contribution < 1.29 is 14.0 Å². The van der Waals surface area contributed by atoms with Crippen LogP contribution in [0.3, 0.4) is 0 Å². The van der Waals surface area contributed by atoms with E-state index in [1.807, 2.05) is 0 Å². The van der Waals surface area contributed by atoms with Gasteiger partial charge in [-0.1, -0.05) is 44.2 Å². The topological polar surface area (TPSA) is 18.5 Å². The van der Waals surface area contributed by atoms with E-state index < -0.39 is 0 Å². The molecule has 1 aromatic rings. The van der Waals surface area contributed by atoms with E-state index in [1.54, 1.807) is 0 Å². The lowest BCUT2D eigenvalue weighted by atomic mass is 9.67. The van der Waals surface area contributed by atoms with E-state index in [0.717, 1.165) is 43.9 Å². The number of hydrogen-bond donors (Lipinski definition) is 0. The van der Waals surface area contributed by atoms with Crippen LogP contribution in [0.1, 0.15) is 64.4 Å². The van der Waals surface area contributed by atoms with Gasteiger partial charge in [-0.3, -0.25) is 0 Å². The molecule has 0 aromatic heterocycles. The van der Waals surface area contributed by atoms with Crippen LogP contribution in [0, 0.1) is 23.2 Å². The van der Waals surface area contributed by atoms with Gasteiger partial charge in [0.25, 0.3) is 0 Å². The first-order valence-corrected chi connectivity index (χ1v) is 12.2. The van der Waals surface area contributed by atoms with Gasteiger partial charge in [0.05, 0.1) is 19.7 Å². The second-order valence-electron chi connectivity index (χ2n) is 11.1. The van der Waals surface area contributed by atoms with Crippen molar-refractivity contribution in [3.05, 3.63) is 35.9 Å². The zero-order valence-electron chi connectivity index (χ0n) is 18.5.